The minimum absolute atomic E-state index is 0.225. The van der Waals surface area contributed by atoms with Crippen molar-refractivity contribution >= 4 is 23.4 Å². The summed E-state index contributed by atoms with van der Waals surface area (Å²) in [5.74, 6) is -3.18. The Labute approximate surface area is 162 Å². The summed E-state index contributed by atoms with van der Waals surface area (Å²) < 4.78 is 71.2. The summed E-state index contributed by atoms with van der Waals surface area (Å²) >= 11 is 0. The van der Waals surface area contributed by atoms with Gasteiger partial charge in [-0.05, 0) is 57.2 Å². The number of hydrogen-bond donors (Lipinski definition) is 2. The lowest BCUT2D eigenvalue weighted by Gasteiger charge is -2.21. The van der Waals surface area contributed by atoms with Crippen molar-refractivity contribution in [3.8, 4) is 0 Å². The van der Waals surface area contributed by atoms with E-state index in [2.05, 4.69) is 10.6 Å². The Morgan fingerprint density at radius 1 is 0.897 bits per heavy atom. The number of halogens is 5. The largest absolute Gasteiger partial charge is 0.444 e. The number of nitrogens with one attached hydrogen (secondary N) is 2. The summed E-state index contributed by atoms with van der Waals surface area (Å²) in [6, 6.07) is 4.23. The second kappa shape index (κ2) is 8.06. The average molecular weight is 416 g/mol. The van der Waals surface area contributed by atoms with Crippen LogP contribution in [0.25, 0.3) is 0 Å². The molecule has 0 bridgehead atoms. The molecule has 0 aromatic heterocycles. The van der Waals surface area contributed by atoms with E-state index in [9.17, 15) is 31.5 Å². The van der Waals surface area contributed by atoms with Crippen LogP contribution in [0, 0.1) is 11.6 Å². The molecule has 0 atom stereocenters. The average Bonchev–Trinajstić information content (AvgIpc) is 2.55. The van der Waals surface area contributed by atoms with Crippen LogP contribution in [0.2, 0.25) is 0 Å². The molecule has 29 heavy (non-hydrogen) atoms. The van der Waals surface area contributed by atoms with E-state index in [0.717, 1.165) is 12.1 Å². The van der Waals surface area contributed by atoms with Crippen LogP contribution in [-0.2, 0) is 10.9 Å². The molecule has 0 saturated carbocycles. The zero-order chi connectivity index (χ0) is 22.0. The van der Waals surface area contributed by atoms with Crippen molar-refractivity contribution in [2.24, 2.45) is 0 Å². The van der Waals surface area contributed by atoms with Gasteiger partial charge < -0.3 is 10.1 Å². The van der Waals surface area contributed by atoms with Gasteiger partial charge in [-0.3, -0.25) is 10.1 Å². The number of hydrogen-bond acceptors (Lipinski definition) is 3. The first-order chi connectivity index (χ1) is 13.3. The molecule has 0 aliphatic rings. The van der Waals surface area contributed by atoms with Crippen LogP contribution in [0.15, 0.2) is 36.4 Å². The van der Waals surface area contributed by atoms with Crippen molar-refractivity contribution in [1.29, 1.82) is 0 Å². The van der Waals surface area contributed by atoms with Crippen molar-refractivity contribution in [2.45, 2.75) is 32.5 Å². The first kappa shape index (κ1) is 22.1. The molecule has 0 saturated heterocycles. The molecule has 5 nitrogen and oxygen atoms in total. The Morgan fingerprint density at radius 2 is 1.55 bits per heavy atom. The molecule has 2 aromatic rings. The molecule has 0 heterocycles. The number of carbonyl (C=O) groups excluding carboxylic acids is 2. The molecule has 0 fully saturated rings. The van der Waals surface area contributed by atoms with Crippen LogP contribution in [0.4, 0.5) is 38.1 Å². The van der Waals surface area contributed by atoms with Crippen molar-refractivity contribution in [2.75, 3.05) is 10.6 Å². The number of carbonyl (C=O) groups is 2. The fraction of sp³-hybridized carbons (Fsp3) is 0.263. The predicted molar refractivity (Wildman–Crippen MR) is 95.6 cm³/mol. The normalized spacial score (nSPS) is 11.7. The summed E-state index contributed by atoms with van der Waals surface area (Å²) in [4.78, 5) is 24.2. The third-order valence-corrected chi connectivity index (χ3v) is 3.40. The molecule has 156 valence electrons. The van der Waals surface area contributed by atoms with Crippen LogP contribution < -0.4 is 10.6 Å². The number of alkyl halides is 3. The third-order valence-electron chi connectivity index (χ3n) is 3.40. The minimum atomic E-state index is -4.74. The van der Waals surface area contributed by atoms with Gasteiger partial charge in [0.25, 0.3) is 5.91 Å². The van der Waals surface area contributed by atoms with Gasteiger partial charge in [0.1, 0.15) is 17.2 Å². The maximum Gasteiger partial charge on any atom is 0.416 e. The Hall–Kier alpha value is -3.17. The highest BCUT2D eigenvalue weighted by Crippen LogP contribution is 2.34. The van der Waals surface area contributed by atoms with Crippen molar-refractivity contribution < 1.29 is 36.3 Å². The topological polar surface area (TPSA) is 67.4 Å². The van der Waals surface area contributed by atoms with Gasteiger partial charge in [0.05, 0.1) is 22.5 Å². The predicted octanol–water partition coefficient (Wildman–Crippen LogP) is 5.58. The zero-order valence-corrected chi connectivity index (χ0v) is 15.6. The van der Waals surface area contributed by atoms with E-state index in [1.807, 2.05) is 0 Å². The zero-order valence-electron chi connectivity index (χ0n) is 15.6. The third kappa shape index (κ3) is 6.16. The fourth-order valence-corrected chi connectivity index (χ4v) is 2.21. The lowest BCUT2D eigenvalue weighted by molar-refractivity contribution is -0.137. The first-order valence-corrected chi connectivity index (χ1v) is 8.24. The van der Waals surface area contributed by atoms with Gasteiger partial charge in [-0.2, -0.15) is 13.2 Å². The Kier molecular flexibility index (Phi) is 6.15. The summed E-state index contributed by atoms with van der Waals surface area (Å²) in [5.41, 5.74) is -3.42. The standard InChI is InChI=1S/C19H17F5N2O3/c1-18(2,3)29-17(28)26-14-7-4-10(19(22,23)24)8-15(14)25-16(27)12-9-11(20)5-6-13(12)21/h4-9H,1-3H3,(H,25,27)(H,26,28). The summed E-state index contributed by atoms with van der Waals surface area (Å²) in [6.45, 7) is 4.73. The molecular weight excluding hydrogens is 399 g/mol. The molecular formula is C19H17F5N2O3. The van der Waals surface area contributed by atoms with E-state index < -0.39 is 52.2 Å². The molecule has 0 aliphatic heterocycles. The number of anilines is 2. The molecule has 0 aliphatic carbocycles. The first-order valence-electron chi connectivity index (χ1n) is 8.24. The van der Waals surface area contributed by atoms with E-state index in [1.54, 1.807) is 20.8 Å². The molecule has 2 amide bonds. The number of amides is 2. The van der Waals surface area contributed by atoms with Gasteiger partial charge in [-0.1, -0.05) is 0 Å². The van der Waals surface area contributed by atoms with Crippen molar-refractivity contribution in [3.05, 3.63) is 59.2 Å². The molecule has 0 unspecified atom stereocenters. The van der Waals surface area contributed by atoms with Gasteiger partial charge >= 0.3 is 12.3 Å². The molecule has 2 N–H and O–H groups in total. The quantitative estimate of drug-likeness (QED) is 0.642. The van der Waals surface area contributed by atoms with Gasteiger partial charge in [0.15, 0.2) is 0 Å². The summed E-state index contributed by atoms with van der Waals surface area (Å²) in [6.07, 6.45) is -5.72. The maximum atomic E-state index is 13.8. The van der Waals surface area contributed by atoms with Crippen LogP contribution in [0.3, 0.4) is 0 Å². The van der Waals surface area contributed by atoms with Crippen LogP contribution >= 0.6 is 0 Å². The van der Waals surface area contributed by atoms with E-state index in [0.29, 0.717) is 24.3 Å². The van der Waals surface area contributed by atoms with E-state index in [1.165, 1.54) is 0 Å². The highest BCUT2D eigenvalue weighted by atomic mass is 19.4. The lowest BCUT2D eigenvalue weighted by atomic mass is 10.1. The highest BCUT2D eigenvalue weighted by Gasteiger charge is 2.31. The molecule has 2 aromatic carbocycles. The number of rotatable bonds is 3. The van der Waals surface area contributed by atoms with E-state index >= 15 is 0 Å². The fourth-order valence-electron chi connectivity index (χ4n) is 2.21. The molecule has 10 heteroatoms. The maximum absolute atomic E-state index is 13.8. The summed E-state index contributed by atoms with van der Waals surface area (Å²) in [5, 5.41) is 4.28. The monoisotopic (exact) mass is 416 g/mol. The van der Waals surface area contributed by atoms with Crippen LogP contribution in [0.5, 0.6) is 0 Å². The molecule has 0 radical (unpaired) electrons. The Balaban J connectivity index is 2.39. The molecule has 2 rings (SSSR count). The minimum Gasteiger partial charge on any atom is -0.444 e. The SMILES string of the molecule is CC(C)(C)OC(=O)Nc1ccc(C(F)(F)F)cc1NC(=O)c1cc(F)ccc1F. The molecule has 0 spiro atoms. The second-order valence-corrected chi connectivity index (χ2v) is 6.96. The van der Waals surface area contributed by atoms with Crippen molar-refractivity contribution in [1.82, 2.24) is 0 Å². The van der Waals surface area contributed by atoms with Gasteiger partial charge in [-0.15, -0.1) is 0 Å². The van der Waals surface area contributed by atoms with Gasteiger partial charge in [0.2, 0.25) is 0 Å². The van der Waals surface area contributed by atoms with Gasteiger partial charge in [0, 0.05) is 0 Å². The van der Waals surface area contributed by atoms with Gasteiger partial charge in [-0.25, -0.2) is 13.6 Å². The Bertz CT molecular complexity index is 936. The highest BCUT2D eigenvalue weighted by molar-refractivity contribution is 6.07. The number of benzene rings is 2. The second-order valence-electron chi connectivity index (χ2n) is 6.96. The van der Waals surface area contributed by atoms with E-state index in [4.69, 9.17) is 4.74 Å². The smallest absolute Gasteiger partial charge is 0.416 e. The summed E-state index contributed by atoms with van der Waals surface area (Å²) in [7, 11) is 0. The van der Waals surface area contributed by atoms with Crippen LogP contribution in [-0.4, -0.2) is 17.6 Å². The number of ether oxygens (including phenoxy) is 1. The van der Waals surface area contributed by atoms with Crippen LogP contribution in [0.1, 0.15) is 36.7 Å². The van der Waals surface area contributed by atoms with Crippen molar-refractivity contribution in [3.63, 3.8) is 0 Å². The van der Waals surface area contributed by atoms with E-state index in [-0.39, 0.29) is 5.69 Å². The Morgan fingerprint density at radius 3 is 2.14 bits per heavy atom. The lowest BCUT2D eigenvalue weighted by Crippen LogP contribution is -2.27.